The molecule has 0 amide bonds. The van der Waals surface area contributed by atoms with Crippen LogP contribution in [-0.4, -0.2) is 24.0 Å². The molecular weight excluding hydrogens is 350 g/mol. The highest BCUT2D eigenvalue weighted by Crippen LogP contribution is 2.33. The molecule has 0 bridgehead atoms. The Balaban J connectivity index is 1.72. The fraction of sp³-hybridized carbons (Fsp3) is 0.158. The Hall–Kier alpha value is -2.77. The molecule has 1 aromatic heterocycles. The van der Waals surface area contributed by atoms with Crippen LogP contribution in [0.1, 0.15) is 34.0 Å². The quantitative estimate of drug-likeness (QED) is 0.769. The van der Waals surface area contributed by atoms with E-state index < -0.39 is 10.0 Å². The molecule has 1 aliphatic rings. The number of sulfonamides is 1. The zero-order chi connectivity index (χ0) is 18.3. The molecule has 0 fully saturated rings. The number of carbonyl (C=O) groups excluding carboxylic acids is 1. The van der Waals surface area contributed by atoms with Crippen molar-refractivity contribution < 1.29 is 13.2 Å². The smallest absolute Gasteiger partial charge is 0.238 e. The third-order valence-electron chi connectivity index (χ3n) is 4.72. The fourth-order valence-corrected chi connectivity index (χ4v) is 3.92. The molecule has 0 aliphatic heterocycles. The van der Waals surface area contributed by atoms with Crippen LogP contribution in [0, 0.1) is 0 Å². The van der Waals surface area contributed by atoms with Crippen LogP contribution in [0.4, 0.5) is 0 Å². The van der Waals surface area contributed by atoms with Crippen molar-refractivity contribution in [2.24, 2.45) is 5.14 Å². The summed E-state index contributed by atoms with van der Waals surface area (Å²) in [5.41, 5.74) is 3.30. The third kappa shape index (κ3) is 2.95. The molecule has 0 saturated heterocycles. The summed E-state index contributed by atoms with van der Waals surface area (Å²) in [4.78, 5) is 12.6. The molecule has 7 heteroatoms. The fourth-order valence-electron chi connectivity index (χ4n) is 3.40. The molecule has 0 saturated carbocycles. The van der Waals surface area contributed by atoms with Gasteiger partial charge in [-0.05, 0) is 42.2 Å². The lowest BCUT2D eigenvalue weighted by Gasteiger charge is -2.23. The van der Waals surface area contributed by atoms with Gasteiger partial charge >= 0.3 is 0 Å². The van der Waals surface area contributed by atoms with Gasteiger partial charge < -0.3 is 0 Å². The highest BCUT2D eigenvalue weighted by molar-refractivity contribution is 7.89. The maximum Gasteiger partial charge on any atom is 0.238 e. The zero-order valence-electron chi connectivity index (χ0n) is 13.9. The van der Waals surface area contributed by atoms with Crippen LogP contribution in [0.3, 0.4) is 0 Å². The average Bonchev–Trinajstić information content (AvgIpc) is 3.06. The summed E-state index contributed by atoms with van der Waals surface area (Å²) >= 11 is 0. The van der Waals surface area contributed by atoms with E-state index in [2.05, 4.69) is 5.10 Å². The van der Waals surface area contributed by atoms with Crippen molar-refractivity contribution in [3.63, 3.8) is 0 Å². The Kier molecular flexibility index (Phi) is 3.97. The summed E-state index contributed by atoms with van der Waals surface area (Å²) in [6, 6.07) is 16.1. The lowest BCUT2D eigenvalue weighted by molar-refractivity contribution is 0.0963. The number of fused-ring (bicyclic) bond motifs is 1. The van der Waals surface area contributed by atoms with Crippen molar-refractivity contribution in [2.75, 3.05) is 0 Å². The molecule has 132 valence electrons. The van der Waals surface area contributed by atoms with Gasteiger partial charge in [-0.2, -0.15) is 5.10 Å². The standard InChI is InChI=1S/C19H17N3O3S/c20-26(24,25)16-8-6-15(7-9-16)22-18-10-14(13-4-2-1-3-5-13)11-19(23)17(18)12-21-22/h1-9,12,14H,10-11H2,(H2,20,24,25). The summed E-state index contributed by atoms with van der Waals surface area (Å²) in [7, 11) is -3.74. The maximum atomic E-state index is 12.6. The number of hydrogen-bond acceptors (Lipinski definition) is 4. The zero-order valence-corrected chi connectivity index (χ0v) is 14.7. The first-order chi connectivity index (χ1) is 12.4. The van der Waals surface area contributed by atoms with Gasteiger partial charge in [0.2, 0.25) is 10.0 Å². The minimum Gasteiger partial charge on any atom is -0.294 e. The van der Waals surface area contributed by atoms with Gasteiger partial charge in [-0.3, -0.25) is 4.79 Å². The summed E-state index contributed by atoms with van der Waals surface area (Å²) in [5.74, 6) is 0.183. The van der Waals surface area contributed by atoms with Crippen LogP contribution in [0.5, 0.6) is 0 Å². The van der Waals surface area contributed by atoms with Crippen molar-refractivity contribution in [1.29, 1.82) is 0 Å². The number of Topliss-reactive ketones (excluding diaryl/α,β-unsaturated/α-hetero) is 1. The first-order valence-electron chi connectivity index (χ1n) is 8.22. The van der Waals surface area contributed by atoms with E-state index in [1.165, 1.54) is 12.1 Å². The number of rotatable bonds is 3. The summed E-state index contributed by atoms with van der Waals surface area (Å²) in [5, 5.41) is 9.50. The van der Waals surface area contributed by atoms with Crippen molar-refractivity contribution in [3.05, 3.63) is 77.6 Å². The van der Waals surface area contributed by atoms with E-state index in [4.69, 9.17) is 5.14 Å². The number of nitrogens with two attached hydrogens (primary N) is 1. The van der Waals surface area contributed by atoms with Gasteiger partial charge in [-0.25, -0.2) is 18.2 Å². The third-order valence-corrected chi connectivity index (χ3v) is 5.65. The van der Waals surface area contributed by atoms with E-state index in [0.717, 1.165) is 11.3 Å². The maximum absolute atomic E-state index is 12.6. The molecule has 1 aliphatic carbocycles. The highest BCUT2D eigenvalue weighted by Gasteiger charge is 2.30. The van der Waals surface area contributed by atoms with Crippen LogP contribution in [0.15, 0.2) is 65.7 Å². The lowest BCUT2D eigenvalue weighted by atomic mass is 9.82. The summed E-state index contributed by atoms with van der Waals surface area (Å²) in [6.07, 6.45) is 2.75. The van der Waals surface area contributed by atoms with E-state index in [1.54, 1.807) is 23.0 Å². The summed E-state index contributed by atoms with van der Waals surface area (Å²) in [6.45, 7) is 0. The first-order valence-corrected chi connectivity index (χ1v) is 9.76. The lowest BCUT2D eigenvalue weighted by Crippen LogP contribution is -2.20. The van der Waals surface area contributed by atoms with Crippen molar-refractivity contribution in [1.82, 2.24) is 9.78 Å². The van der Waals surface area contributed by atoms with Gasteiger partial charge in [0.15, 0.2) is 5.78 Å². The molecule has 1 heterocycles. The first kappa shape index (κ1) is 16.7. The predicted molar refractivity (Wildman–Crippen MR) is 96.8 cm³/mol. The Morgan fingerprint density at radius 3 is 2.35 bits per heavy atom. The Morgan fingerprint density at radius 2 is 1.69 bits per heavy atom. The molecular formula is C19H17N3O3S. The minimum atomic E-state index is -3.74. The van der Waals surface area contributed by atoms with Gasteiger partial charge in [0.25, 0.3) is 0 Å². The molecule has 1 unspecified atom stereocenters. The van der Waals surface area contributed by atoms with Gasteiger partial charge in [0, 0.05) is 6.42 Å². The van der Waals surface area contributed by atoms with Gasteiger partial charge in [0.1, 0.15) is 0 Å². The summed E-state index contributed by atoms with van der Waals surface area (Å²) < 4.78 is 24.5. The second-order valence-electron chi connectivity index (χ2n) is 6.39. The van der Waals surface area contributed by atoms with Crippen LogP contribution in [0.25, 0.3) is 5.69 Å². The van der Waals surface area contributed by atoms with E-state index in [-0.39, 0.29) is 16.6 Å². The molecule has 6 nitrogen and oxygen atoms in total. The number of nitrogens with zero attached hydrogens (tertiary/aromatic N) is 2. The topological polar surface area (TPSA) is 95.1 Å². The SMILES string of the molecule is NS(=O)(=O)c1ccc(-n2ncc3c2CC(c2ccccc2)CC3=O)cc1. The Morgan fingerprint density at radius 1 is 1.00 bits per heavy atom. The van der Waals surface area contributed by atoms with Crippen molar-refractivity contribution in [2.45, 2.75) is 23.7 Å². The second-order valence-corrected chi connectivity index (χ2v) is 7.96. The highest BCUT2D eigenvalue weighted by atomic mass is 32.2. The van der Waals surface area contributed by atoms with E-state index in [9.17, 15) is 13.2 Å². The number of carbonyl (C=O) groups is 1. The molecule has 3 aromatic rings. The molecule has 1 atom stereocenters. The van der Waals surface area contributed by atoms with Gasteiger partial charge in [-0.15, -0.1) is 0 Å². The van der Waals surface area contributed by atoms with E-state index in [0.29, 0.717) is 24.1 Å². The largest absolute Gasteiger partial charge is 0.294 e. The molecule has 2 N–H and O–H groups in total. The molecule has 26 heavy (non-hydrogen) atoms. The Labute approximate surface area is 151 Å². The minimum absolute atomic E-state index is 0.0421. The normalized spacial score (nSPS) is 17.1. The van der Waals surface area contributed by atoms with E-state index >= 15 is 0 Å². The number of primary sulfonamides is 1. The van der Waals surface area contributed by atoms with Crippen LogP contribution < -0.4 is 5.14 Å². The second kappa shape index (κ2) is 6.19. The van der Waals surface area contributed by atoms with Crippen LogP contribution in [-0.2, 0) is 16.4 Å². The number of hydrogen-bond donors (Lipinski definition) is 1. The number of benzene rings is 2. The molecule has 0 radical (unpaired) electrons. The van der Waals surface area contributed by atoms with E-state index in [1.807, 2.05) is 30.3 Å². The van der Waals surface area contributed by atoms with Crippen LogP contribution in [0.2, 0.25) is 0 Å². The monoisotopic (exact) mass is 367 g/mol. The van der Waals surface area contributed by atoms with Crippen molar-refractivity contribution >= 4 is 15.8 Å². The molecule has 2 aromatic carbocycles. The Bertz CT molecular complexity index is 1070. The average molecular weight is 367 g/mol. The molecule has 4 rings (SSSR count). The van der Waals surface area contributed by atoms with Gasteiger partial charge in [-0.1, -0.05) is 30.3 Å². The van der Waals surface area contributed by atoms with Crippen LogP contribution >= 0.6 is 0 Å². The van der Waals surface area contributed by atoms with Gasteiger partial charge in [0.05, 0.1) is 28.0 Å². The van der Waals surface area contributed by atoms with Crippen molar-refractivity contribution in [3.8, 4) is 5.69 Å². The number of aromatic nitrogens is 2. The molecule has 0 spiro atoms. The predicted octanol–water partition coefficient (Wildman–Crippen LogP) is 2.43. The number of ketones is 1.